The Hall–Kier alpha value is -1.57. The third-order valence-electron chi connectivity index (χ3n) is 2.67. The van der Waals surface area contributed by atoms with Crippen molar-refractivity contribution in [1.82, 2.24) is 4.68 Å². The van der Waals surface area contributed by atoms with Crippen molar-refractivity contribution in [2.24, 2.45) is 7.05 Å². The predicted octanol–water partition coefficient (Wildman–Crippen LogP) is 2.23. The fourth-order valence-corrected chi connectivity index (χ4v) is 1.88. The molecule has 0 radical (unpaired) electrons. The number of aryl methyl sites for hydroxylation is 4. The van der Waals surface area contributed by atoms with Crippen molar-refractivity contribution < 1.29 is 4.68 Å². The van der Waals surface area contributed by atoms with Gasteiger partial charge in [-0.05, 0) is 38.0 Å². The fraction of sp³-hybridized carbons (Fsp3) is 0.308. The van der Waals surface area contributed by atoms with E-state index in [4.69, 9.17) is 0 Å². The minimum absolute atomic E-state index is 1.26. The lowest BCUT2D eigenvalue weighted by atomic mass is 10.1. The van der Waals surface area contributed by atoms with E-state index < -0.39 is 0 Å². The summed E-state index contributed by atoms with van der Waals surface area (Å²) < 4.78 is 4.29. The average Bonchev–Trinajstić information content (AvgIpc) is 2.50. The lowest BCUT2D eigenvalue weighted by Crippen LogP contribution is -2.37. The lowest BCUT2D eigenvalue weighted by Gasteiger charge is -2.05. The zero-order valence-electron chi connectivity index (χ0n) is 9.78. The van der Waals surface area contributed by atoms with Gasteiger partial charge in [-0.1, -0.05) is 12.1 Å². The molecule has 1 aromatic heterocycles. The van der Waals surface area contributed by atoms with Crippen LogP contribution in [0.15, 0.2) is 30.6 Å². The van der Waals surface area contributed by atoms with E-state index in [2.05, 4.69) is 67.8 Å². The van der Waals surface area contributed by atoms with E-state index in [0.717, 1.165) is 0 Å². The molecule has 2 nitrogen and oxygen atoms in total. The van der Waals surface area contributed by atoms with E-state index in [1.807, 2.05) is 0 Å². The Balaban J connectivity index is 2.62. The standard InChI is InChI=1S/C13H17N2/c1-10-5-6-12(3)13(7-10)15-9-11(2)8-14(15)4/h5-9H,1-4H3/q+1. The molecular formula is C13H17N2+. The first-order valence-electron chi connectivity index (χ1n) is 5.20. The fourth-order valence-electron chi connectivity index (χ4n) is 1.88. The zero-order chi connectivity index (χ0) is 11.0. The highest BCUT2D eigenvalue weighted by atomic mass is 15.4. The summed E-state index contributed by atoms with van der Waals surface area (Å²) in [5.41, 5.74) is 5.12. The molecule has 0 aliphatic heterocycles. The minimum atomic E-state index is 1.26. The second kappa shape index (κ2) is 3.54. The molecule has 0 unspecified atom stereocenters. The largest absolute Gasteiger partial charge is 0.198 e. The Kier molecular flexibility index (Phi) is 2.35. The van der Waals surface area contributed by atoms with Crippen LogP contribution in [0.3, 0.4) is 0 Å². The van der Waals surface area contributed by atoms with Gasteiger partial charge in [-0.3, -0.25) is 0 Å². The molecule has 15 heavy (non-hydrogen) atoms. The molecule has 0 atom stereocenters. The first-order valence-corrected chi connectivity index (χ1v) is 5.20. The molecule has 0 spiro atoms. The van der Waals surface area contributed by atoms with E-state index in [1.54, 1.807) is 0 Å². The molecule has 0 fully saturated rings. The van der Waals surface area contributed by atoms with Crippen LogP contribution in [-0.4, -0.2) is 4.68 Å². The van der Waals surface area contributed by atoms with Crippen LogP contribution in [-0.2, 0) is 7.05 Å². The minimum Gasteiger partial charge on any atom is -0.128 e. The van der Waals surface area contributed by atoms with Crippen LogP contribution in [0.1, 0.15) is 16.7 Å². The van der Waals surface area contributed by atoms with Crippen molar-refractivity contribution in [3.63, 3.8) is 0 Å². The third kappa shape index (κ3) is 1.80. The van der Waals surface area contributed by atoms with Gasteiger partial charge in [-0.25, -0.2) is 0 Å². The summed E-state index contributed by atoms with van der Waals surface area (Å²) in [7, 11) is 2.06. The molecule has 0 N–H and O–H groups in total. The van der Waals surface area contributed by atoms with E-state index in [9.17, 15) is 0 Å². The van der Waals surface area contributed by atoms with Crippen LogP contribution in [0.25, 0.3) is 5.69 Å². The van der Waals surface area contributed by atoms with E-state index >= 15 is 0 Å². The predicted molar refractivity (Wildman–Crippen MR) is 61.2 cm³/mol. The number of aromatic nitrogens is 2. The maximum absolute atomic E-state index is 2.22. The topological polar surface area (TPSA) is 8.81 Å². The molecule has 1 aromatic carbocycles. The normalized spacial score (nSPS) is 10.7. The summed E-state index contributed by atoms with van der Waals surface area (Å²) in [4.78, 5) is 0. The maximum Gasteiger partial charge on any atom is 0.198 e. The second-order valence-electron chi connectivity index (χ2n) is 4.21. The monoisotopic (exact) mass is 201 g/mol. The Bertz CT molecular complexity index is 495. The molecule has 0 amide bonds. The smallest absolute Gasteiger partial charge is 0.128 e. The van der Waals surface area contributed by atoms with Gasteiger partial charge in [0.05, 0.1) is 6.20 Å². The molecule has 2 heteroatoms. The van der Waals surface area contributed by atoms with Crippen molar-refractivity contribution >= 4 is 0 Å². The van der Waals surface area contributed by atoms with Gasteiger partial charge in [0, 0.05) is 5.56 Å². The molecule has 2 rings (SSSR count). The van der Waals surface area contributed by atoms with E-state index in [0.29, 0.717) is 0 Å². The molecule has 0 bridgehead atoms. The van der Waals surface area contributed by atoms with Gasteiger partial charge in [0.2, 0.25) is 0 Å². The Morgan fingerprint density at radius 3 is 2.40 bits per heavy atom. The van der Waals surface area contributed by atoms with Crippen LogP contribution in [0.4, 0.5) is 0 Å². The number of hydrogen-bond acceptors (Lipinski definition) is 0. The summed E-state index contributed by atoms with van der Waals surface area (Å²) >= 11 is 0. The van der Waals surface area contributed by atoms with Crippen molar-refractivity contribution in [3.05, 3.63) is 47.3 Å². The summed E-state index contributed by atoms with van der Waals surface area (Å²) in [5.74, 6) is 0. The summed E-state index contributed by atoms with van der Waals surface area (Å²) in [6.45, 7) is 6.38. The molecular weight excluding hydrogens is 184 g/mol. The SMILES string of the molecule is Cc1ccc(C)c(-n2cc(C)c[n+]2C)c1. The molecule has 0 aliphatic carbocycles. The molecule has 78 valence electrons. The first-order chi connectivity index (χ1) is 7.08. The third-order valence-corrected chi connectivity index (χ3v) is 2.67. The Labute approximate surface area is 90.8 Å². The van der Waals surface area contributed by atoms with E-state index in [1.165, 1.54) is 22.4 Å². The van der Waals surface area contributed by atoms with Gasteiger partial charge in [0.1, 0.15) is 5.69 Å². The van der Waals surface area contributed by atoms with Gasteiger partial charge in [-0.15, -0.1) is 9.36 Å². The van der Waals surface area contributed by atoms with Gasteiger partial charge in [0.25, 0.3) is 0 Å². The summed E-state index contributed by atoms with van der Waals surface area (Å²) in [6.07, 6.45) is 4.28. The van der Waals surface area contributed by atoms with Crippen LogP contribution in [0, 0.1) is 20.8 Å². The molecule has 0 saturated carbocycles. The van der Waals surface area contributed by atoms with Gasteiger partial charge in [0.15, 0.2) is 13.2 Å². The van der Waals surface area contributed by atoms with Crippen molar-refractivity contribution in [2.75, 3.05) is 0 Å². The Morgan fingerprint density at radius 2 is 1.80 bits per heavy atom. The van der Waals surface area contributed by atoms with E-state index in [-0.39, 0.29) is 0 Å². The molecule has 0 aliphatic rings. The number of nitrogens with zero attached hydrogens (tertiary/aromatic N) is 2. The number of rotatable bonds is 1. The van der Waals surface area contributed by atoms with Crippen molar-refractivity contribution in [2.45, 2.75) is 20.8 Å². The highest BCUT2D eigenvalue weighted by molar-refractivity contribution is 5.41. The Morgan fingerprint density at radius 1 is 1.07 bits per heavy atom. The van der Waals surface area contributed by atoms with Crippen LogP contribution in [0.5, 0.6) is 0 Å². The van der Waals surface area contributed by atoms with Crippen LogP contribution >= 0.6 is 0 Å². The van der Waals surface area contributed by atoms with Gasteiger partial charge >= 0.3 is 0 Å². The number of hydrogen-bond donors (Lipinski definition) is 0. The maximum atomic E-state index is 2.22. The van der Waals surface area contributed by atoms with Gasteiger partial charge < -0.3 is 0 Å². The van der Waals surface area contributed by atoms with Crippen molar-refractivity contribution in [1.29, 1.82) is 0 Å². The lowest BCUT2D eigenvalue weighted by molar-refractivity contribution is -0.744. The quantitative estimate of drug-likeness (QED) is 0.626. The zero-order valence-corrected chi connectivity index (χ0v) is 9.78. The molecule has 0 saturated heterocycles. The highest BCUT2D eigenvalue weighted by Gasteiger charge is 2.10. The van der Waals surface area contributed by atoms with Gasteiger partial charge in [-0.2, -0.15) is 0 Å². The highest BCUT2D eigenvalue weighted by Crippen LogP contribution is 2.14. The molecule has 1 heterocycles. The van der Waals surface area contributed by atoms with Crippen LogP contribution in [0.2, 0.25) is 0 Å². The first kappa shape index (κ1) is 9.97. The number of benzene rings is 1. The second-order valence-corrected chi connectivity index (χ2v) is 4.21. The molecule has 2 aromatic rings. The summed E-state index contributed by atoms with van der Waals surface area (Å²) in [5, 5.41) is 0. The summed E-state index contributed by atoms with van der Waals surface area (Å²) in [6, 6.07) is 6.53. The van der Waals surface area contributed by atoms with Crippen molar-refractivity contribution in [3.8, 4) is 5.69 Å². The average molecular weight is 201 g/mol. The van der Waals surface area contributed by atoms with Crippen LogP contribution < -0.4 is 4.68 Å².